The van der Waals surface area contributed by atoms with Gasteiger partial charge in [-0.1, -0.05) is 42.8 Å². The molecule has 0 unspecified atom stereocenters. The van der Waals surface area contributed by atoms with Crippen molar-refractivity contribution in [3.63, 3.8) is 0 Å². The molecular formula is C26H22N2O3. The van der Waals surface area contributed by atoms with Crippen molar-refractivity contribution < 1.29 is 14.3 Å². The number of aromatic nitrogens is 2. The number of ether oxygens (including phenoxy) is 1. The molecule has 0 saturated heterocycles. The first-order chi connectivity index (χ1) is 15.1. The number of nitrogens with zero attached hydrogens (tertiary/aromatic N) is 2. The van der Waals surface area contributed by atoms with Crippen LogP contribution in [-0.4, -0.2) is 21.1 Å². The topological polar surface area (TPSA) is 53.2 Å². The average molecular weight is 410 g/mol. The number of esters is 2. The predicted molar refractivity (Wildman–Crippen MR) is 120 cm³/mol. The number of hydrogen-bond acceptors (Lipinski definition) is 3. The Kier molecular flexibility index (Phi) is 3.93. The summed E-state index contributed by atoms with van der Waals surface area (Å²) >= 11 is 0. The maximum absolute atomic E-state index is 13.1. The molecule has 2 aliphatic heterocycles. The van der Waals surface area contributed by atoms with Gasteiger partial charge >= 0.3 is 11.9 Å². The molecule has 0 amide bonds. The van der Waals surface area contributed by atoms with Crippen LogP contribution in [-0.2, 0) is 34.3 Å². The maximum Gasteiger partial charge on any atom is 0.347 e. The monoisotopic (exact) mass is 410 g/mol. The fourth-order valence-corrected chi connectivity index (χ4v) is 5.29. The lowest BCUT2D eigenvalue weighted by atomic mass is 9.93. The number of para-hydroxylation sites is 2. The van der Waals surface area contributed by atoms with E-state index in [1.165, 1.54) is 0 Å². The summed E-state index contributed by atoms with van der Waals surface area (Å²) < 4.78 is 9.55. The molecule has 0 N–H and O–H groups in total. The van der Waals surface area contributed by atoms with Crippen molar-refractivity contribution >= 4 is 44.9 Å². The lowest BCUT2D eigenvalue weighted by Crippen LogP contribution is -2.05. The summed E-state index contributed by atoms with van der Waals surface area (Å²) in [5.74, 6) is -1.11. The number of carbonyl (C=O) groups is 2. The molecule has 0 bridgehead atoms. The van der Waals surface area contributed by atoms with Crippen LogP contribution in [0.1, 0.15) is 36.1 Å². The molecule has 0 fully saturated rings. The van der Waals surface area contributed by atoms with Crippen LogP contribution in [0.4, 0.5) is 0 Å². The van der Waals surface area contributed by atoms with Crippen LogP contribution in [0.15, 0.2) is 54.7 Å². The Bertz CT molecular complexity index is 1430. The molecule has 2 aromatic carbocycles. The molecule has 0 radical (unpaired) electrons. The Labute approximate surface area is 179 Å². The third kappa shape index (κ3) is 2.56. The lowest BCUT2D eigenvalue weighted by molar-refractivity contribution is -0.149. The molecule has 6 rings (SSSR count). The summed E-state index contributed by atoms with van der Waals surface area (Å²) in [5.41, 5.74) is 5.68. The van der Waals surface area contributed by atoms with Crippen molar-refractivity contribution in [2.75, 3.05) is 0 Å². The van der Waals surface area contributed by atoms with Crippen LogP contribution >= 0.6 is 0 Å². The van der Waals surface area contributed by atoms with Gasteiger partial charge in [-0.2, -0.15) is 0 Å². The van der Waals surface area contributed by atoms with Gasteiger partial charge in [-0.15, -0.1) is 0 Å². The second-order valence-electron chi connectivity index (χ2n) is 8.40. The van der Waals surface area contributed by atoms with Gasteiger partial charge in [0.1, 0.15) is 0 Å². The van der Waals surface area contributed by atoms with Gasteiger partial charge in [0, 0.05) is 58.4 Å². The first-order valence-electron chi connectivity index (χ1n) is 10.8. The Morgan fingerprint density at radius 1 is 0.806 bits per heavy atom. The van der Waals surface area contributed by atoms with E-state index in [2.05, 4.69) is 16.7 Å². The second kappa shape index (κ2) is 6.71. The van der Waals surface area contributed by atoms with E-state index in [0.717, 1.165) is 70.9 Å². The number of cyclic esters (lactones) is 2. The number of rotatable bonds is 2. The van der Waals surface area contributed by atoms with Crippen molar-refractivity contribution in [1.29, 1.82) is 0 Å². The molecule has 154 valence electrons. The summed E-state index contributed by atoms with van der Waals surface area (Å²) in [6.45, 7) is 0.926. The Hall–Kier alpha value is -3.60. The van der Waals surface area contributed by atoms with E-state index in [1.54, 1.807) is 0 Å². The van der Waals surface area contributed by atoms with Crippen molar-refractivity contribution in [3.05, 3.63) is 71.5 Å². The lowest BCUT2D eigenvalue weighted by Gasteiger charge is -2.08. The van der Waals surface area contributed by atoms with Crippen LogP contribution in [0.5, 0.6) is 0 Å². The van der Waals surface area contributed by atoms with Crippen molar-refractivity contribution in [3.8, 4) is 0 Å². The minimum Gasteiger partial charge on any atom is -0.386 e. The van der Waals surface area contributed by atoms with E-state index in [-0.39, 0.29) is 0 Å². The standard InChI is InChI=1S/C26H22N2O3/c1-27-15-18(16-9-4-6-11-19(16)27)23-24(26(30)31-25(23)29)22-17-10-5-7-12-20(17)28-14-8-2-3-13-21(22)28/h4-7,9-12,15H,2-3,8,13-14H2,1H3. The van der Waals surface area contributed by atoms with E-state index in [4.69, 9.17) is 4.74 Å². The number of benzene rings is 2. The molecule has 0 aliphatic carbocycles. The summed E-state index contributed by atoms with van der Waals surface area (Å²) in [6, 6.07) is 16.1. The smallest absolute Gasteiger partial charge is 0.347 e. The highest BCUT2D eigenvalue weighted by Gasteiger charge is 2.39. The van der Waals surface area contributed by atoms with Gasteiger partial charge in [-0.3, -0.25) is 0 Å². The first kappa shape index (κ1) is 18.2. The molecule has 5 nitrogen and oxygen atoms in total. The number of aryl methyl sites for hydroxylation is 2. The Morgan fingerprint density at radius 2 is 1.52 bits per heavy atom. The third-order valence-corrected chi connectivity index (χ3v) is 6.63. The quantitative estimate of drug-likeness (QED) is 0.351. The third-order valence-electron chi connectivity index (χ3n) is 6.63. The van der Waals surface area contributed by atoms with Crippen LogP contribution in [0.3, 0.4) is 0 Å². The second-order valence-corrected chi connectivity index (χ2v) is 8.40. The molecule has 2 aliphatic rings. The van der Waals surface area contributed by atoms with Crippen LogP contribution < -0.4 is 0 Å². The highest BCUT2D eigenvalue weighted by atomic mass is 16.6. The Balaban J connectivity index is 1.73. The van der Waals surface area contributed by atoms with E-state index < -0.39 is 11.9 Å². The summed E-state index contributed by atoms with van der Waals surface area (Å²) in [5, 5.41) is 1.96. The molecular weight excluding hydrogens is 388 g/mol. The summed E-state index contributed by atoms with van der Waals surface area (Å²) in [7, 11) is 1.95. The summed E-state index contributed by atoms with van der Waals surface area (Å²) in [6.07, 6.45) is 6.16. The fraction of sp³-hybridized carbons (Fsp3) is 0.231. The highest BCUT2D eigenvalue weighted by Crippen LogP contribution is 2.43. The van der Waals surface area contributed by atoms with E-state index in [1.807, 2.05) is 54.2 Å². The molecule has 0 spiro atoms. The predicted octanol–water partition coefficient (Wildman–Crippen LogP) is 4.85. The van der Waals surface area contributed by atoms with Crippen molar-refractivity contribution in [1.82, 2.24) is 9.13 Å². The van der Waals surface area contributed by atoms with Gasteiger partial charge in [-0.05, 0) is 31.4 Å². The minimum atomic E-state index is -0.561. The number of carbonyl (C=O) groups excluding carboxylic acids is 2. The molecule has 4 aromatic rings. The zero-order valence-electron chi connectivity index (χ0n) is 17.4. The molecule has 0 saturated carbocycles. The van der Waals surface area contributed by atoms with Gasteiger partial charge < -0.3 is 13.9 Å². The van der Waals surface area contributed by atoms with Gasteiger partial charge in [0.25, 0.3) is 0 Å². The van der Waals surface area contributed by atoms with Crippen LogP contribution in [0, 0.1) is 0 Å². The van der Waals surface area contributed by atoms with E-state index >= 15 is 0 Å². The molecule has 5 heteroatoms. The van der Waals surface area contributed by atoms with E-state index in [0.29, 0.717) is 11.1 Å². The largest absolute Gasteiger partial charge is 0.386 e. The average Bonchev–Trinajstić information content (AvgIpc) is 3.27. The molecule has 0 atom stereocenters. The zero-order valence-corrected chi connectivity index (χ0v) is 17.4. The van der Waals surface area contributed by atoms with Crippen LogP contribution in [0.2, 0.25) is 0 Å². The highest BCUT2D eigenvalue weighted by molar-refractivity contribution is 6.47. The minimum absolute atomic E-state index is 0.380. The zero-order chi connectivity index (χ0) is 21.1. The fourth-order valence-electron chi connectivity index (χ4n) is 5.29. The summed E-state index contributed by atoms with van der Waals surface area (Å²) in [4.78, 5) is 26.1. The van der Waals surface area contributed by atoms with Gasteiger partial charge in [0.15, 0.2) is 0 Å². The van der Waals surface area contributed by atoms with Gasteiger partial charge in [-0.25, -0.2) is 9.59 Å². The van der Waals surface area contributed by atoms with Crippen molar-refractivity contribution in [2.24, 2.45) is 7.05 Å². The number of fused-ring (bicyclic) bond motifs is 4. The first-order valence-corrected chi connectivity index (χ1v) is 10.8. The Morgan fingerprint density at radius 3 is 2.35 bits per heavy atom. The molecule has 4 heterocycles. The maximum atomic E-state index is 13.1. The molecule has 2 aromatic heterocycles. The normalized spacial score (nSPS) is 16.8. The number of hydrogen-bond donors (Lipinski definition) is 0. The van der Waals surface area contributed by atoms with Crippen molar-refractivity contribution in [2.45, 2.75) is 32.2 Å². The van der Waals surface area contributed by atoms with Gasteiger partial charge in [0.05, 0.1) is 11.1 Å². The molecule has 31 heavy (non-hydrogen) atoms. The SMILES string of the molecule is Cn1cc(C2=C(c3c4n(c5ccccc35)CCCCC4)C(=O)OC2=O)c2ccccc21. The van der Waals surface area contributed by atoms with E-state index in [9.17, 15) is 9.59 Å². The van der Waals surface area contributed by atoms with Crippen LogP contribution in [0.25, 0.3) is 33.0 Å². The van der Waals surface area contributed by atoms with Gasteiger partial charge in [0.2, 0.25) is 0 Å².